The number of hydrogen-bond donors (Lipinski definition) is 0. The molecular weight excluding hydrogens is 554 g/mol. The number of carbonyl (C=O) groups excluding carboxylic acids is 2. The van der Waals surface area contributed by atoms with Gasteiger partial charge < -0.3 is 9.64 Å². The highest BCUT2D eigenvalue weighted by Gasteiger charge is 2.30. The monoisotopic (exact) mass is 581 g/mol. The summed E-state index contributed by atoms with van der Waals surface area (Å²) in [5.41, 5.74) is 2.43. The minimum atomic E-state index is -0.278. The average molecular weight is 582 g/mol. The molecule has 11 heteroatoms. The lowest BCUT2D eigenvalue weighted by Gasteiger charge is -2.31. The molecule has 2 aromatic carbocycles. The third kappa shape index (κ3) is 6.69. The minimum absolute atomic E-state index is 0.149. The van der Waals surface area contributed by atoms with Crippen molar-refractivity contribution in [2.75, 3.05) is 19.7 Å². The number of amides is 1. The number of ether oxygens (including phenoxy) is 1. The van der Waals surface area contributed by atoms with Crippen molar-refractivity contribution in [1.29, 1.82) is 0 Å². The van der Waals surface area contributed by atoms with E-state index in [0.29, 0.717) is 42.6 Å². The number of halogens is 1. The fourth-order valence-corrected chi connectivity index (χ4v) is 6.48. The Balaban J connectivity index is 1.30. The zero-order valence-electron chi connectivity index (χ0n) is 21.5. The average Bonchev–Trinajstić information content (AvgIpc) is 3.59. The molecule has 0 saturated carbocycles. The molecule has 1 saturated heterocycles. The van der Waals surface area contributed by atoms with Crippen LogP contribution < -0.4 is 0 Å². The summed E-state index contributed by atoms with van der Waals surface area (Å²) in [6.07, 6.45) is 2.13. The Morgan fingerprint density at radius 2 is 2.00 bits per heavy atom. The van der Waals surface area contributed by atoms with Crippen LogP contribution in [-0.2, 0) is 21.7 Å². The van der Waals surface area contributed by atoms with Crippen molar-refractivity contribution in [1.82, 2.24) is 24.6 Å². The fourth-order valence-electron chi connectivity index (χ4n) is 4.54. The smallest absolute Gasteiger partial charge is 0.310 e. The Labute approximate surface area is 240 Å². The molecule has 1 atom stereocenters. The number of nitrogens with zero attached hydrogens (tertiary/aromatic N) is 5. The second-order valence-corrected chi connectivity index (χ2v) is 11.5. The number of hydrogen-bond acceptors (Lipinski definition) is 8. The van der Waals surface area contributed by atoms with Crippen molar-refractivity contribution in [2.45, 2.75) is 37.1 Å². The quantitative estimate of drug-likeness (QED) is 0.186. The summed E-state index contributed by atoms with van der Waals surface area (Å²) < 4.78 is 7.18. The molecule has 0 bridgehead atoms. The second kappa shape index (κ2) is 12.8. The van der Waals surface area contributed by atoms with Gasteiger partial charge in [-0.1, -0.05) is 59.8 Å². The van der Waals surface area contributed by atoms with Gasteiger partial charge in [-0.05, 0) is 43.5 Å². The van der Waals surface area contributed by atoms with Gasteiger partial charge in [-0.15, -0.1) is 21.5 Å². The van der Waals surface area contributed by atoms with Crippen molar-refractivity contribution in [3.05, 3.63) is 87.1 Å². The Kier molecular flexibility index (Phi) is 8.95. The Bertz CT molecular complexity index is 1440. The van der Waals surface area contributed by atoms with Crippen molar-refractivity contribution in [3.8, 4) is 5.69 Å². The van der Waals surface area contributed by atoms with Gasteiger partial charge in [0, 0.05) is 29.9 Å². The maximum absolute atomic E-state index is 13.1. The second-order valence-electron chi connectivity index (χ2n) is 9.13. The first-order valence-electron chi connectivity index (χ1n) is 12.8. The van der Waals surface area contributed by atoms with Gasteiger partial charge in [-0.2, -0.15) is 0 Å². The number of esters is 1. The van der Waals surface area contributed by atoms with E-state index in [1.54, 1.807) is 17.2 Å². The summed E-state index contributed by atoms with van der Waals surface area (Å²) in [5, 5.41) is 12.9. The van der Waals surface area contributed by atoms with Gasteiger partial charge in [0.05, 0.1) is 24.0 Å². The highest BCUT2D eigenvalue weighted by atomic mass is 35.5. The van der Waals surface area contributed by atoms with E-state index in [4.69, 9.17) is 16.3 Å². The molecule has 1 fully saturated rings. The molecule has 1 aliphatic heterocycles. The van der Waals surface area contributed by atoms with Gasteiger partial charge in [0.2, 0.25) is 0 Å². The van der Waals surface area contributed by atoms with Crippen molar-refractivity contribution in [2.24, 2.45) is 5.92 Å². The normalized spacial score (nSPS) is 15.3. The summed E-state index contributed by atoms with van der Waals surface area (Å²) in [4.78, 5) is 31.6. The standard InChI is InChI=1S/C28H28ClN5O3S2/c1-2-37-27(36)20-10-7-13-33(16-20)26(35)23-17-38-25(30-23)18-39-28-32-31-24(14-19-8-4-3-5-9-19)34(28)22-12-6-11-21(29)15-22/h3-6,8-9,11-12,15,17,20H,2,7,10,13-14,16,18H2,1H3. The largest absolute Gasteiger partial charge is 0.466 e. The molecule has 3 heterocycles. The topological polar surface area (TPSA) is 90.2 Å². The van der Waals surface area contributed by atoms with E-state index >= 15 is 0 Å². The molecule has 1 aliphatic rings. The Morgan fingerprint density at radius 3 is 2.79 bits per heavy atom. The maximum Gasteiger partial charge on any atom is 0.310 e. The lowest BCUT2D eigenvalue weighted by molar-refractivity contribution is -0.149. The molecule has 0 spiro atoms. The van der Waals surface area contributed by atoms with Gasteiger partial charge in [-0.25, -0.2) is 4.98 Å². The lowest BCUT2D eigenvalue weighted by atomic mass is 9.98. The number of likely N-dealkylation sites (tertiary alicyclic amines) is 1. The number of thiazole rings is 1. The first-order valence-corrected chi connectivity index (χ1v) is 15.0. The zero-order valence-corrected chi connectivity index (χ0v) is 23.8. The van der Waals surface area contributed by atoms with Crippen LogP contribution in [0.4, 0.5) is 0 Å². The molecule has 39 heavy (non-hydrogen) atoms. The number of thioether (sulfide) groups is 1. The van der Waals surface area contributed by atoms with Crippen molar-refractivity contribution < 1.29 is 14.3 Å². The molecule has 0 radical (unpaired) electrons. The third-order valence-electron chi connectivity index (χ3n) is 6.40. The SMILES string of the molecule is CCOC(=O)C1CCCN(C(=O)c2csc(CSc3nnc(Cc4ccccc4)n3-c3cccc(Cl)c3)n2)C1. The van der Waals surface area contributed by atoms with E-state index in [9.17, 15) is 9.59 Å². The summed E-state index contributed by atoms with van der Waals surface area (Å²) in [7, 11) is 0. The molecule has 1 unspecified atom stereocenters. The van der Waals surface area contributed by atoms with Gasteiger partial charge in [0.15, 0.2) is 5.16 Å². The molecule has 4 aromatic rings. The Morgan fingerprint density at radius 1 is 1.15 bits per heavy atom. The number of rotatable bonds is 9. The van der Waals surface area contributed by atoms with Crippen LogP contribution in [0.1, 0.15) is 46.6 Å². The molecule has 2 aromatic heterocycles. The third-order valence-corrected chi connectivity index (χ3v) is 8.60. The highest BCUT2D eigenvalue weighted by Crippen LogP contribution is 2.29. The molecule has 1 amide bonds. The van der Waals surface area contributed by atoms with E-state index in [1.165, 1.54) is 23.1 Å². The molecule has 202 valence electrons. The van der Waals surface area contributed by atoms with E-state index < -0.39 is 0 Å². The number of benzene rings is 2. The van der Waals surface area contributed by atoms with Crippen LogP contribution in [0.25, 0.3) is 5.69 Å². The molecular formula is C28H28ClN5O3S2. The van der Waals surface area contributed by atoms with Crippen LogP contribution in [-0.4, -0.2) is 56.2 Å². The summed E-state index contributed by atoms with van der Waals surface area (Å²) in [6, 6.07) is 17.8. The summed E-state index contributed by atoms with van der Waals surface area (Å²) in [6.45, 7) is 3.12. The first-order chi connectivity index (χ1) is 19.0. The predicted molar refractivity (Wildman–Crippen MR) is 153 cm³/mol. The lowest BCUT2D eigenvalue weighted by Crippen LogP contribution is -2.43. The van der Waals surface area contributed by atoms with E-state index in [0.717, 1.165) is 40.1 Å². The number of piperidine rings is 1. The van der Waals surface area contributed by atoms with Crippen LogP contribution in [0.5, 0.6) is 0 Å². The van der Waals surface area contributed by atoms with E-state index in [2.05, 4.69) is 27.3 Å². The molecule has 5 rings (SSSR count). The summed E-state index contributed by atoms with van der Waals surface area (Å²) in [5.74, 6) is 0.680. The Hall–Kier alpha value is -3.21. The first kappa shape index (κ1) is 27.4. The van der Waals surface area contributed by atoms with E-state index in [1.807, 2.05) is 47.0 Å². The van der Waals surface area contributed by atoms with Gasteiger partial charge >= 0.3 is 5.97 Å². The number of carbonyl (C=O) groups is 2. The van der Waals surface area contributed by atoms with Crippen molar-refractivity contribution in [3.63, 3.8) is 0 Å². The highest BCUT2D eigenvalue weighted by molar-refractivity contribution is 7.98. The van der Waals surface area contributed by atoms with Crippen LogP contribution in [0.15, 0.2) is 65.1 Å². The number of aromatic nitrogens is 4. The predicted octanol–water partition coefficient (Wildman–Crippen LogP) is 5.68. The van der Waals surface area contributed by atoms with Gasteiger partial charge in [-0.3, -0.25) is 14.2 Å². The van der Waals surface area contributed by atoms with Crippen LogP contribution in [0.3, 0.4) is 0 Å². The fraction of sp³-hybridized carbons (Fsp3) is 0.321. The van der Waals surface area contributed by atoms with E-state index in [-0.39, 0.29) is 17.8 Å². The van der Waals surface area contributed by atoms with Crippen LogP contribution in [0.2, 0.25) is 5.02 Å². The molecule has 0 aliphatic carbocycles. The van der Waals surface area contributed by atoms with Crippen LogP contribution >= 0.6 is 34.7 Å². The van der Waals surface area contributed by atoms with Gasteiger partial charge in [0.25, 0.3) is 5.91 Å². The summed E-state index contributed by atoms with van der Waals surface area (Å²) >= 11 is 9.26. The molecule has 8 nitrogen and oxygen atoms in total. The van der Waals surface area contributed by atoms with Crippen LogP contribution in [0, 0.1) is 5.92 Å². The van der Waals surface area contributed by atoms with Crippen molar-refractivity contribution >= 4 is 46.6 Å². The van der Waals surface area contributed by atoms with Gasteiger partial charge in [0.1, 0.15) is 16.5 Å². The maximum atomic E-state index is 13.1. The minimum Gasteiger partial charge on any atom is -0.466 e. The molecule has 0 N–H and O–H groups in total. The zero-order chi connectivity index (χ0) is 27.2.